The van der Waals surface area contributed by atoms with Gasteiger partial charge in [0, 0.05) is 38.8 Å². The van der Waals surface area contributed by atoms with Crippen LogP contribution in [0.2, 0.25) is 0 Å². The van der Waals surface area contributed by atoms with Crippen LogP contribution in [0.25, 0.3) is 83.1 Å². The van der Waals surface area contributed by atoms with Crippen molar-refractivity contribution in [1.29, 1.82) is 0 Å². The van der Waals surface area contributed by atoms with Gasteiger partial charge in [0.05, 0.1) is 16.7 Å². The number of benzene rings is 10. The van der Waals surface area contributed by atoms with Gasteiger partial charge in [0.15, 0.2) is 0 Å². The summed E-state index contributed by atoms with van der Waals surface area (Å²) < 4.78 is 2.43. The average Bonchev–Trinajstić information content (AvgIpc) is 3.82. The van der Waals surface area contributed by atoms with E-state index in [4.69, 9.17) is 0 Å². The van der Waals surface area contributed by atoms with Crippen molar-refractivity contribution >= 4 is 38.9 Å². The van der Waals surface area contributed by atoms with E-state index in [2.05, 4.69) is 266 Å². The lowest BCUT2D eigenvalue weighted by atomic mass is 9.82. The Morgan fingerprint density at radius 2 is 0.815 bits per heavy atom. The Bertz CT molecular complexity index is 3520. The van der Waals surface area contributed by atoms with Crippen molar-refractivity contribution in [3.63, 3.8) is 0 Å². The number of hydrogen-bond donors (Lipinski definition) is 0. The van der Waals surface area contributed by atoms with Gasteiger partial charge < -0.3 is 9.47 Å². The van der Waals surface area contributed by atoms with E-state index in [1.165, 1.54) is 94.3 Å². The molecule has 65 heavy (non-hydrogen) atoms. The Labute approximate surface area is 381 Å². The quantitative estimate of drug-likeness (QED) is 0.148. The molecule has 0 bridgehead atoms. The lowest BCUT2D eigenvalue weighted by Gasteiger charge is -2.30. The molecule has 0 atom stereocenters. The molecule has 1 aromatic heterocycles. The molecule has 0 radical (unpaired) electrons. The van der Waals surface area contributed by atoms with Gasteiger partial charge in [-0.3, -0.25) is 0 Å². The summed E-state index contributed by atoms with van der Waals surface area (Å²) in [4.78, 5) is 2.48. The van der Waals surface area contributed by atoms with Crippen LogP contribution in [0, 0.1) is 0 Å². The standard InChI is InChI=1S/C63H46N2/c1-63(2)58-41-49(35-37-53(58)54-38-36-50(42-59(54)63)65-61-33-15-12-30-56(61)57-31-13-16-34-62(57)65)64(48-26-18-25-47(40-48)46-24-17-23-45(39-46)43-19-5-3-6-20-43)60-32-14-11-29-55(60)52-28-10-9-27-51(52)44-21-7-4-8-22-44/h3-42H,1-2H3. The smallest absolute Gasteiger partial charge is 0.0541 e. The summed E-state index contributed by atoms with van der Waals surface area (Å²) in [5.41, 5.74) is 21.5. The van der Waals surface area contributed by atoms with E-state index in [1.807, 2.05) is 0 Å². The zero-order chi connectivity index (χ0) is 43.5. The van der Waals surface area contributed by atoms with Gasteiger partial charge in [-0.15, -0.1) is 0 Å². The molecule has 0 N–H and O–H groups in total. The molecule has 0 amide bonds. The van der Waals surface area contributed by atoms with E-state index in [-0.39, 0.29) is 5.41 Å². The Kier molecular flexibility index (Phi) is 9.21. The number of para-hydroxylation sites is 3. The van der Waals surface area contributed by atoms with Gasteiger partial charge in [0.25, 0.3) is 0 Å². The van der Waals surface area contributed by atoms with Crippen LogP contribution < -0.4 is 4.90 Å². The first kappa shape index (κ1) is 38.5. The summed E-state index contributed by atoms with van der Waals surface area (Å²) in [6.07, 6.45) is 0. The summed E-state index contributed by atoms with van der Waals surface area (Å²) in [7, 11) is 0. The second-order valence-electron chi connectivity index (χ2n) is 17.7. The molecule has 12 rings (SSSR count). The average molecular weight is 831 g/mol. The van der Waals surface area contributed by atoms with Crippen LogP contribution >= 0.6 is 0 Å². The second kappa shape index (κ2) is 15.6. The van der Waals surface area contributed by atoms with Crippen molar-refractivity contribution in [3.05, 3.63) is 254 Å². The molecule has 1 heterocycles. The van der Waals surface area contributed by atoms with E-state index in [0.717, 1.165) is 17.1 Å². The van der Waals surface area contributed by atoms with E-state index >= 15 is 0 Å². The van der Waals surface area contributed by atoms with Crippen molar-refractivity contribution in [1.82, 2.24) is 4.57 Å². The van der Waals surface area contributed by atoms with Crippen molar-refractivity contribution in [2.45, 2.75) is 19.3 Å². The summed E-state index contributed by atoms with van der Waals surface area (Å²) >= 11 is 0. The van der Waals surface area contributed by atoms with Crippen molar-refractivity contribution in [2.75, 3.05) is 4.90 Å². The Balaban J connectivity index is 1.02. The maximum atomic E-state index is 2.48. The fourth-order valence-corrected chi connectivity index (χ4v) is 10.4. The van der Waals surface area contributed by atoms with Crippen LogP contribution in [0.4, 0.5) is 17.1 Å². The summed E-state index contributed by atoms with van der Waals surface area (Å²) in [5.74, 6) is 0. The first-order chi connectivity index (χ1) is 32.0. The first-order valence-electron chi connectivity index (χ1n) is 22.6. The fraction of sp³-hybridized carbons (Fsp3) is 0.0476. The van der Waals surface area contributed by atoms with Crippen LogP contribution in [-0.2, 0) is 5.41 Å². The number of nitrogens with zero attached hydrogens (tertiary/aromatic N) is 2. The normalized spacial score (nSPS) is 12.6. The van der Waals surface area contributed by atoms with Crippen molar-refractivity contribution in [2.24, 2.45) is 0 Å². The molecule has 10 aromatic carbocycles. The number of aromatic nitrogens is 1. The van der Waals surface area contributed by atoms with Gasteiger partial charge in [-0.2, -0.15) is 0 Å². The monoisotopic (exact) mass is 830 g/mol. The van der Waals surface area contributed by atoms with E-state index < -0.39 is 0 Å². The van der Waals surface area contributed by atoms with E-state index in [1.54, 1.807) is 0 Å². The highest BCUT2D eigenvalue weighted by Crippen LogP contribution is 2.52. The van der Waals surface area contributed by atoms with Crippen LogP contribution in [0.5, 0.6) is 0 Å². The largest absolute Gasteiger partial charge is 0.310 e. The molecule has 0 spiro atoms. The maximum absolute atomic E-state index is 2.48. The van der Waals surface area contributed by atoms with Gasteiger partial charge in [-0.1, -0.05) is 196 Å². The molecule has 0 fully saturated rings. The second-order valence-corrected chi connectivity index (χ2v) is 17.7. The highest BCUT2D eigenvalue weighted by Gasteiger charge is 2.37. The first-order valence-corrected chi connectivity index (χ1v) is 22.6. The molecule has 1 aliphatic carbocycles. The van der Waals surface area contributed by atoms with Gasteiger partial charge in [0.1, 0.15) is 0 Å². The predicted molar refractivity (Wildman–Crippen MR) is 275 cm³/mol. The third kappa shape index (κ3) is 6.49. The fourth-order valence-electron chi connectivity index (χ4n) is 10.4. The Morgan fingerprint density at radius 3 is 1.52 bits per heavy atom. The highest BCUT2D eigenvalue weighted by molar-refractivity contribution is 6.09. The molecule has 0 unspecified atom stereocenters. The SMILES string of the molecule is CC1(C)c2cc(N(c3cccc(-c4cccc(-c5ccccc5)c4)c3)c3ccccc3-c3ccccc3-c3ccccc3)ccc2-c2ccc(-n3c4ccccc4c4ccccc43)cc21. The minimum absolute atomic E-state index is 0.264. The van der Waals surface area contributed by atoms with Crippen molar-refractivity contribution < 1.29 is 0 Å². The van der Waals surface area contributed by atoms with Crippen molar-refractivity contribution in [3.8, 4) is 61.3 Å². The lowest BCUT2D eigenvalue weighted by Crippen LogP contribution is -2.17. The minimum Gasteiger partial charge on any atom is -0.310 e. The summed E-state index contributed by atoms with van der Waals surface area (Å²) in [6, 6.07) is 88.9. The molecule has 0 saturated heterocycles. The molecule has 2 nitrogen and oxygen atoms in total. The van der Waals surface area contributed by atoms with Gasteiger partial charge in [0.2, 0.25) is 0 Å². The van der Waals surface area contributed by atoms with Crippen LogP contribution in [0.15, 0.2) is 243 Å². The molecule has 11 aromatic rings. The van der Waals surface area contributed by atoms with Crippen LogP contribution in [-0.4, -0.2) is 4.57 Å². The van der Waals surface area contributed by atoms with E-state index in [0.29, 0.717) is 0 Å². The Morgan fingerprint density at radius 1 is 0.323 bits per heavy atom. The number of rotatable bonds is 8. The molecule has 0 aliphatic heterocycles. The summed E-state index contributed by atoms with van der Waals surface area (Å²) in [6.45, 7) is 4.79. The molecule has 2 heteroatoms. The number of hydrogen-bond acceptors (Lipinski definition) is 1. The zero-order valence-electron chi connectivity index (χ0n) is 36.5. The van der Waals surface area contributed by atoms with Crippen LogP contribution in [0.1, 0.15) is 25.0 Å². The lowest BCUT2D eigenvalue weighted by molar-refractivity contribution is 0.660. The molecule has 1 aliphatic rings. The minimum atomic E-state index is -0.264. The third-order valence-electron chi connectivity index (χ3n) is 13.6. The van der Waals surface area contributed by atoms with Gasteiger partial charge in [-0.05, 0) is 122 Å². The molecular weight excluding hydrogens is 785 g/mol. The van der Waals surface area contributed by atoms with E-state index in [9.17, 15) is 0 Å². The van der Waals surface area contributed by atoms with Gasteiger partial charge in [-0.25, -0.2) is 0 Å². The zero-order valence-corrected chi connectivity index (χ0v) is 36.5. The number of anilines is 3. The van der Waals surface area contributed by atoms with Gasteiger partial charge >= 0.3 is 0 Å². The Hall–Kier alpha value is -8.20. The predicted octanol–water partition coefficient (Wildman–Crippen LogP) is 17.2. The topological polar surface area (TPSA) is 8.17 Å². The third-order valence-corrected chi connectivity index (χ3v) is 13.6. The highest BCUT2D eigenvalue weighted by atomic mass is 15.1. The summed E-state index contributed by atoms with van der Waals surface area (Å²) in [5, 5.41) is 2.55. The molecule has 0 saturated carbocycles. The van der Waals surface area contributed by atoms with Crippen LogP contribution in [0.3, 0.4) is 0 Å². The molecular formula is C63H46N2. The molecule has 308 valence electrons. The maximum Gasteiger partial charge on any atom is 0.0541 e. The number of fused-ring (bicyclic) bond motifs is 6.